The van der Waals surface area contributed by atoms with E-state index in [1.165, 1.54) is 0 Å². The van der Waals surface area contributed by atoms with Gasteiger partial charge in [-0.15, -0.1) is 0 Å². The number of hydrogen-bond donors (Lipinski definition) is 1. The van der Waals surface area contributed by atoms with Crippen LogP contribution in [0.25, 0.3) is 22.6 Å². The summed E-state index contributed by atoms with van der Waals surface area (Å²) in [6, 6.07) is 15.6. The van der Waals surface area contributed by atoms with Crippen molar-refractivity contribution in [3.05, 3.63) is 71.5 Å². The Labute approximate surface area is 178 Å². The number of aromatic nitrogens is 2. The lowest BCUT2D eigenvalue weighted by Crippen LogP contribution is -2.17. The Morgan fingerprint density at radius 3 is 2.55 bits per heavy atom. The van der Waals surface area contributed by atoms with Crippen molar-refractivity contribution < 1.29 is 17.6 Å². The lowest BCUT2D eigenvalue weighted by molar-refractivity contribution is 0.102. The highest BCUT2D eigenvalue weighted by molar-refractivity contribution is 7.90. The predicted octanol–water partition coefficient (Wildman–Crippen LogP) is 3.73. The molecule has 0 saturated carbocycles. The second-order valence-electron chi connectivity index (χ2n) is 6.97. The van der Waals surface area contributed by atoms with Crippen molar-refractivity contribution in [3.63, 3.8) is 0 Å². The molecule has 0 radical (unpaired) electrons. The van der Waals surface area contributed by atoms with E-state index in [1.54, 1.807) is 24.3 Å². The van der Waals surface area contributed by atoms with Crippen LogP contribution in [0.15, 0.2) is 64.0 Å². The Balaban J connectivity index is 1.67. The summed E-state index contributed by atoms with van der Waals surface area (Å²) in [6.45, 7) is 1.99. The molecule has 0 aliphatic rings. The number of aryl methyl sites for hydroxylation is 1. The van der Waals surface area contributed by atoms with Crippen LogP contribution in [0, 0.1) is 18.3 Å². The molecule has 0 spiro atoms. The molecule has 0 atom stereocenters. The first-order valence-electron chi connectivity index (χ1n) is 9.14. The van der Waals surface area contributed by atoms with Crippen molar-refractivity contribution in [2.75, 3.05) is 11.6 Å². The lowest BCUT2D eigenvalue weighted by Gasteiger charge is -2.09. The molecule has 154 valence electrons. The number of rotatable bonds is 4. The number of carbonyl (C=O) groups is 1. The third-order valence-corrected chi connectivity index (χ3v) is 5.69. The van der Waals surface area contributed by atoms with E-state index in [0.717, 1.165) is 29.6 Å². The van der Waals surface area contributed by atoms with E-state index in [1.807, 2.05) is 31.2 Å². The van der Waals surface area contributed by atoms with E-state index in [-0.39, 0.29) is 16.2 Å². The molecule has 0 saturated heterocycles. The predicted molar refractivity (Wildman–Crippen MR) is 114 cm³/mol. The van der Waals surface area contributed by atoms with Crippen molar-refractivity contribution in [1.29, 1.82) is 5.26 Å². The van der Waals surface area contributed by atoms with E-state index in [2.05, 4.69) is 15.3 Å². The third kappa shape index (κ3) is 4.15. The van der Waals surface area contributed by atoms with Gasteiger partial charge in [0.15, 0.2) is 15.4 Å². The average molecular weight is 432 g/mol. The molecule has 1 N–H and O–H groups in total. The summed E-state index contributed by atoms with van der Waals surface area (Å²) in [5.41, 5.74) is 3.20. The largest absolute Gasteiger partial charge is 0.436 e. The monoisotopic (exact) mass is 432 g/mol. The number of amides is 1. The van der Waals surface area contributed by atoms with E-state index < -0.39 is 15.7 Å². The second-order valence-corrected chi connectivity index (χ2v) is 8.96. The van der Waals surface area contributed by atoms with Crippen LogP contribution in [0.1, 0.15) is 21.6 Å². The lowest BCUT2D eigenvalue weighted by atomic mass is 10.1. The maximum Gasteiger partial charge on any atom is 0.257 e. The number of oxazole rings is 1. The van der Waals surface area contributed by atoms with Crippen molar-refractivity contribution >= 4 is 32.5 Å². The number of nitrogens with zero attached hydrogens (tertiary/aromatic N) is 3. The first kappa shape index (κ1) is 20.3. The Bertz CT molecular complexity index is 1470. The third-order valence-electron chi connectivity index (χ3n) is 4.57. The van der Waals surface area contributed by atoms with Gasteiger partial charge in [0.05, 0.1) is 10.5 Å². The smallest absolute Gasteiger partial charge is 0.257 e. The first-order chi connectivity index (χ1) is 14.7. The Morgan fingerprint density at radius 2 is 1.87 bits per heavy atom. The summed E-state index contributed by atoms with van der Waals surface area (Å²) in [4.78, 5) is 20.8. The molecule has 8 nitrogen and oxygen atoms in total. The summed E-state index contributed by atoms with van der Waals surface area (Å²) in [6.07, 6.45) is 1.98. The zero-order valence-electron chi connectivity index (χ0n) is 16.6. The van der Waals surface area contributed by atoms with Crippen LogP contribution in [0.2, 0.25) is 0 Å². The van der Waals surface area contributed by atoms with Crippen LogP contribution in [-0.4, -0.2) is 30.5 Å². The molecule has 0 bridgehead atoms. The highest BCUT2D eigenvalue weighted by Gasteiger charge is 2.21. The Kier molecular flexibility index (Phi) is 5.01. The fourth-order valence-corrected chi connectivity index (χ4v) is 3.80. The van der Waals surface area contributed by atoms with Gasteiger partial charge in [-0.25, -0.2) is 18.4 Å². The number of sulfone groups is 1. The summed E-state index contributed by atoms with van der Waals surface area (Å²) in [5, 5.41) is 11.7. The van der Waals surface area contributed by atoms with Gasteiger partial charge < -0.3 is 9.73 Å². The van der Waals surface area contributed by atoms with Gasteiger partial charge in [-0.2, -0.15) is 5.26 Å². The molecule has 1 amide bonds. The quantitative estimate of drug-likeness (QED) is 0.521. The molecule has 31 heavy (non-hydrogen) atoms. The van der Waals surface area contributed by atoms with Gasteiger partial charge in [0.25, 0.3) is 5.91 Å². The molecular formula is C22H16N4O4S. The Morgan fingerprint density at radius 1 is 1.13 bits per heavy atom. The van der Waals surface area contributed by atoms with Crippen LogP contribution in [-0.2, 0) is 9.84 Å². The molecule has 0 aliphatic carbocycles. The molecular weight excluding hydrogens is 416 g/mol. The Hall–Kier alpha value is -4.03. The topological polar surface area (TPSA) is 126 Å². The number of nitrogens with one attached hydrogen (secondary N) is 1. The molecule has 0 unspecified atom stereocenters. The minimum Gasteiger partial charge on any atom is -0.436 e. The molecule has 9 heteroatoms. The summed E-state index contributed by atoms with van der Waals surface area (Å²) < 4.78 is 29.8. The highest BCUT2D eigenvalue weighted by atomic mass is 32.2. The van der Waals surface area contributed by atoms with Gasteiger partial charge >= 0.3 is 0 Å². The summed E-state index contributed by atoms with van der Waals surface area (Å²) in [7, 11) is -3.72. The van der Waals surface area contributed by atoms with Crippen molar-refractivity contribution in [2.45, 2.75) is 11.8 Å². The van der Waals surface area contributed by atoms with Gasteiger partial charge in [-0.05, 0) is 43.3 Å². The van der Waals surface area contributed by atoms with E-state index >= 15 is 0 Å². The number of nitriles is 1. The van der Waals surface area contributed by atoms with E-state index in [9.17, 15) is 13.2 Å². The fraction of sp³-hybridized carbons (Fsp3) is 0.0909. The number of fused-ring (bicyclic) bond motifs is 1. The average Bonchev–Trinajstić information content (AvgIpc) is 3.16. The SMILES string of the molecule is Cc1ccc(-c2nc3cc(NC(=O)c4cc(C#N)ncc4S(C)(=O)=O)ccc3o2)cc1. The normalized spacial score (nSPS) is 11.3. The molecule has 2 aromatic heterocycles. The van der Waals surface area contributed by atoms with Crippen LogP contribution < -0.4 is 5.32 Å². The fourth-order valence-electron chi connectivity index (χ4n) is 3.00. The number of benzene rings is 2. The summed E-state index contributed by atoms with van der Waals surface area (Å²) in [5.74, 6) is -0.230. The zero-order chi connectivity index (χ0) is 22.2. The molecule has 2 aromatic carbocycles. The molecule has 0 fully saturated rings. The standard InChI is InChI=1S/C22H16N4O4S/c1-13-3-5-14(6-4-13)22-26-18-10-15(7-8-19(18)30-22)25-21(27)17-9-16(11-23)24-12-20(17)31(2,28)29/h3-10,12H,1-2H3,(H,25,27). The van der Waals surface area contributed by atoms with Crippen molar-refractivity contribution in [1.82, 2.24) is 9.97 Å². The van der Waals surface area contributed by atoms with E-state index in [0.29, 0.717) is 22.7 Å². The first-order valence-corrected chi connectivity index (χ1v) is 11.0. The minimum absolute atomic E-state index is 0.0627. The number of carbonyl (C=O) groups excluding carboxylic acids is 1. The summed E-state index contributed by atoms with van der Waals surface area (Å²) >= 11 is 0. The number of pyridine rings is 1. The van der Waals surface area contributed by atoms with E-state index in [4.69, 9.17) is 9.68 Å². The molecule has 4 aromatic rings. The minimum atomic E-state index is -3.72. The maximum atomic E-state index is 12.8. The maximum absolute atomic E-state index is 12.8. The van der Waals surface area contributed by atoms with Crippen molar-refractivity contribution in [2.24, 2.45) is 0 Å². The zero-order valence-corrected chi connectivity index (χ0v) is 17.4. The number of hydrogen-bond acceptors (Lipinski definition) is 7. The second kappa shape index (κ2) is 7.66. The molecule has 0 aliphatic heterocycles. The van der Waals surface area contributed by atoms with Crippen molar-refractivity contribution in [3.8, 4) is 17.5 Å². The van der Waals surface area contributed by atoms with Crippen LogP contribution in [0.3, 0.4) is 0 Å². The number of anilines is 1. The highest BCUT2D eigenvalue weighted by Crippen LogP contribution is 2.27. The van der Waals surface area contributed by atoms with Gasteiger partial charge in [-0.3, -0.25) is 4.79 Å². The van der Waals surface area contributed by atoms with Gasteiger partial charge in [0.1, 0.15) is 17.3 Å². The molecule has 4 rings (SSSR count). The van der Waals surface area contributed by atoms with Crippen LogP contribution in [0.5, 0.6) is 0 Å². The van der Waals surface area contributed by atoms with Gasteiger partial charge in [0, 0.05) is 23.7 Å². The van der Waals surface area contributed by atoms with Crippen LogP contribution >= 0.6 is 0 Å². The van der Waals surface area contributed by atoms with Gasteiger partial charge in [-0.1, -0.05) is 17.7 Å². The van der Waals surface area contributed by atoms with Crippen LogP contribution in [0.4, 0.5) is 5.69 Å². The van der Waals surface area contributed by atoms with Gasteiger partial charge in [0.2, 0.25) is 5.89 Å². The molecule has 2 heterocycles.